The lowest BCUT2D eigenvalue weighted by Crippen LogP contribution is -2.22. The Morgan fingerprint density at radius 1 is 0.967 bits per heavy atom. The molecule has 168 valence electrons. The highest BCUT2D eigenvalue weighted by atomic mass is 19.4. The fourth-order valence-corrected chi connectivity index (χ4v) is 4.80. The van der Waals surface area contributed by atoms with Gasteiger partial charge < -0.3 is 4.74 Å². The predicted octanol–water partition coefficient (Wildman–Crippen LogP) is 7.90. The molecule has 0 heterocycles. The molecule has 0 aromatic heterocycles. The summed E-state index contributed by atoms with van der Waals surface area (Å²) in [5.41, 5.74) is 2.79. The van der Waals surface area contributed by atoms with Gasteiger partial charge in [-0.2, -0.15) is 13.2 Å². The fourth-order valence-electron chi connectivity index (χ4n) is 4.80. The van der Waals surface area contributed by atoms with Crippen LogP contribution in [0.2, 0.25) is 0 Å². The zero-order valence-electron chi connectivity index (χ0n) is 17.9. The van der Waals surface area contributed by atoms with Crippen molar-refractivity contribution in [3.8, 4) is 0 Å². The SMILES string of the molecule is CC1CCC(c2ccc(CCCOC3CCC(C=C(F)C(F)(F)F)CC3)cc2)CC1. The van der Waals surface area contributed by atoms with Gasteiger partial charge >= 0.3 is 6.18 Å². The Morgan fingerprint density at radius 3 is 2.20 bits per heavy atom. The maximum Gasteiger partial charge on any atom is 0.442 e. The molecule has 0 N–H and O–H groups in total. The van der Waals surface area contributed by atoms with Gasteiger partial charge in [0.05, 0.1) is 6.10 Å². The summed E-state index contributed by atoms with van der Waals surface area (Å²) in [6.45, 7) is 3.00. The Balaban J connectivity index is 1.32. The molecule has 5 heteroatoms. The van der Waals surface area contributed by atoms with Gasteiger partial charge in [0.1, 0.15) is 0 Å². The van der Waals surface area contributed by atoms with Crippen molar-refractivity contribution in [3.63, 3.8) is 0 Å². The Hall–Kier alpha value is -1.36. The molecule has 0 radical (unpaired) electrons. The van der Waals surface area contributed by atoms with Crippen LogP contribution < -0.4 is 0 Å². The Bertz CT molecular complexity index is 663. The number of halogens is 4. The van der Waals surface area contributed by atoms with E-state index in [4.69, 9.17) is 4.74 Å². The molecule has 0 aliphatic heterocycles. The highest BCUT2D eigenvalue weighted by Gasteiger charge is 2.35. The van der Waals surface area contributed by atoms with Crippen molar-refractivity contribution < 1.29 is 22.3 Å². The first kappa shape index (κ1) is 23.3. The largest absolute Gasteiger partial charge is 0.442 e. The number of allylic oxidation sites excluding steroid dienone is 2. The zero-order chi connectivity index (χ0) is 21.6. The van der Waals surface area contributed by atoms with Crippen molar-refractivity contribution >= 4 is 0 Å². The van der Waals surface area contributed by atoms with Gasteiger partial charge in [0.15, 0.2) is 5.83 Å². The van der Waals surface area contributed by atoms with Crippen LogP contribution in [0.5, 0.6) is 0 Å². The summed E-state index contributed by atoms with van der Waals surface area (Å²) in [6.07, 6.45) is 5.63. The molecular formula is C25H34F4O. The van der Waals surface area contributed by atoms with E-state index in [9.17, 15) is 17.6 Å². The van der Waals surface area contributed by atoms with Crippen LogP contribution in [0.4, 0.5) is 17.6 Å². The van der Waals surface area contributed by atoms with Crippen LogP contribution >= 0.6 is 0 Å². The monoisotopic (exact) mass is 426 g/mol. The Kier molecular flexibility index (Phi) is 8.38. The molecule has 2 aliphatic rings. The molecule has 0 atom stereocenters. The van der Waals surface area contributed by atoms with Gasteiger partial charge in [-0.1, -0.05) is 44.0 Å². The minimum Gasteiger partial charge on any atom is -0.378 e. The lowest BCUT2D eigenvalue weighted by Gasteiger charge is -2.27. The van der Waals surface area contributed by atoms with Crippen molar-refractivity contribution in [1.82, 2.24) is 0 Å². The summed E-state index contributed by atoms with van der Waals surface area (Å²) in [5, 5.41) is 0. The molecule has 0 amide bonds. The van der Waals surface area contributed by atoms with Gasteiger partial charge in [-0.05, 0) is 86.3 Å². The maximum absolute atomic E-state index is 13.1. The highest BCUT2D eigenvalue weighted by molar-refractivity contribution is 5.26. The first-order chi connectivity index (χ1) is 14.3. The van der Waals surface area contributed by atoms with Gasteiger partial charge in [-0.15, -0.1) is 0 Å². The van der Waals surface area contributed by atoms with Crippen molar-refractivity contribution in [2.45, 2.75) is 89.3 Å². The van der Waals surface area contributed by atoms with Crippen LogP contribution in [-0.2, 0) is 11.2 Å². The third-order valence-corrected chi connectivity index (χ3v) is 6.80. The average Bonchev–Trinajstić information content (AvgIpc) is 2.73. The van der Waals surface area contributed by atoms with E-state index in [1.807, 2.05) is 0 Å². The molecule has 1 aromatic rings. The van der Waals surface area contributed by atoms with Crippen LogP contribution in [0.15, 0.2) is 36.2 Å². The summed E-state index contributed by atoms with van der Waals surface area (Å²) in [4.78, 5) is 0. The van der Waals surface area contributed by atoms with Crippen molar-refractivity contribution in [2.75, 3.05) is 6.61 Å². The third-order valence-electron chi connectivity index (χ3n) is 6.80. The molecular weight excluding hydrogens is 392 g/mol. The number of ether oxygens (including phenoxy) is 1. The molecule has 0 bridgehead atoms. The molecule has 0 unspecified atom stereocenters. The number of aryl methyl sites for hydroxylation is 1. The quantitative estimate of drug-likeness (QED) is 0.318. The summed E-state index contributed by atoms with van der Waals surface area (Å²) in [7, 11) is 0. The van der Waals surface area contributed by atoms with E-state index in [0.717, 1.165) is 24.8 Å². The van der Waals surface area contributed by atoms with E-state index in [-0.39, 0.29) is 12.0 Å². The maximum atomic E-state index is 13.1. The average molecular weight is 427 g/mol. The lowest BCUT2D eigenvalue weighted by atomic mass is 9.79. The molecule has 0 saturated heterocycles. The molecule has 2 saturated carbocycles. The fraction of sp³-hybridized carbons (Fsp3) is 0.680. The Morgan fingerprint density at radius 2 is 1.60 bits per heavy atom. The topological polar surface area (TPSA) is 9.23 Å². The van der Waals surface area contributed by atoms with Crippen LogP contribution in [0.1, 0.15) is 81.8 Å². The van der Waals surface area contributed by atoms with Gasteiger partial charge in [0, 0.05) is 6.61 Å². The number of benzene rings is 1. The number of alkyl halides is 3. The summed E-state index contributed by atoms with van der Waals surface area (Å²) in [5.74, 6) is -0.713. The molecule has 1 aromatic carbocycles. The molecule has 0 spiro atoms. The van der Waals surface area contributed by atoms with E-state index in [2.05, 4.69) is 31.2 Å². The van der Waals surface area contributed by atoms with E-state index in [0.29, 0.717) is 38.2 Å². The normalized spacial score (nSPS) is 28.5. The van der Waals surface area contributed by atoms with Crippen molar-refractivity contribution in [3.05, 3.63) is 47.3 Å². The molecule has 30 heavy (non-hydrogen) atoms. The second-order valence-electron chi connectivity index (χ2n) is 9.22. The third kappa shape index (κ3) is 7.11. The second-order valence-corrected chi connectivity index (χ2v) is 9.22. The first-order valence-electron chi connectivity index (χ1n) is 11.5. The highest BCUT2D eigenvalue weighted by Crippen LogP contribution is 2.36. The second kappa shape index (κ2) is 10.8. The van der Waals surface area contributed by atoms with E-state index in [1.54, 1.807) is 0 Å². The zero-order valence-corrected chi connectivity index (χ0v) is 17.9. The smallest absolute Gasteiger partial charge is 0.378 e. The summed E-state index contributed by atoms with van der Waals surface area (Å²) < 4.78 is 55.8. The predicted molar refractivity (Wildman–Crippen MR) is 112 cm³/mol. The van der Waals surface area contributed by atoms with E-state index in [1.165, 1.54) is 36.8 Å². The van der Waals surface area contributed by atoms with Crippen LogP contribution in [0, 0.1) is 11.8 Å². The summed E-state index contributed by atoms with van der Waals surface area (Å²) in [6, 6.07) is 9.04. The van der Waals surface area contributed by atoms with Crippen LogP contribution in [-0.4, -0.2) is 18.9 Å². The standard InChI is InChI=1S/C25H34F4O/c1-18-4-10-21(11-5-18)22-12-6-19(7-13-22)3-2-16-30-23-14-8-20(9-15-23)17-24(26)25(27,28)29/h6-7,12-13,17-18,20-21,23H,2-5,8-11,14-16H2,1H3. The van der Waals surface area contributed by atoms with Gasteiger partial charge in [0.2, 0.25) is 0 Å². The first-order valence-corrected chi connectivity index (χ1v) is 11.5. The van der Waals surface area contributed by atoms with E-state index >= 15 is 0 Å². The number of hydrogen-bond donors (Lipinski definition) is 0. The number of rotatable bonds is 7. The van der Waals surface area contributed by atoms with Crippen molar-refractivity contribution in [1.29, 1.82) is 0 Å². The van der Waals surface area contributed by atoms with Gasteiger partial charge in [-0.25, -0.2) is 4.39 Å². The molecule has 2 fully saturated rings. The molecule has 3 rings (SSSR count). The molecule has 2 aliphatic carbocycles. The van der Waals surface area contributed by atoms with Gasteiger partial charge in [0.25, 0.3) is 0 Å². The Labute approximate surface area is 177 Å². The van der Waals surface area contributed by atoms with Gasteiger partial charge in [-0.3, -0.25) is 0 Å². The summed E-state index contributed by atoms with van der Waals surface area (Å²) >= 11 is 0. The lowest BCUT2D eigenvalue weighted by molar-refractivity contribution is -0.109. The minimum atomic E-state index is -4.86. The van der Waals surface area contributed by atoms with Crippen LogP contribution in [0.3, 0.4) is 0 Å². The number of hydrogen-bond acceptors (Lipinski definition) is 1. The van der Waals surface area contributed by atoms with Crippen LogP contribution in [0.25, 0.3) is 0 Å². The van der Waals surface area contributed by atoms with E-state index < -0.39 is 12.0 Å². The van der Waals surface area contributed by atoms with Crippen molar-refractivity contribution in [2.24, 2.45) is 11.8 Å². The molecule has 1 nitrogen and oxygen atoms in total. The minimum absolute atomic E-state index is 0.0830.